The number of nitro groups is 1. The van der Waals surface area contributed by atoms with Gasteiger partial charge in [0, 0.05) is 17.7 Å². The fraction of sp³-hybridized carbons (Fsp3) is 0.0556. The van der Waals surface area contributed by atoms with Crippen LogP contribution >= 0.6 is 0 Å². The van der Waals surface area contributed by atoms with E-state index in [4.69, 9.17) is 4.74 Å². The quantitative estimate of drug-likeness (QED) is 0.509. The second-order valence-corrected chi connectivity index (χ2v) is 7.30. The highest BCUT2D eigenvalue weighted by atomic mass is 32.2. The van der Waals surface area contributed by atoms with E-state index in [0.717, 1.165) is 6.20 Å². The van der Waals surface area contributed by atoms with Gasteiger partial charge in [0.25, 0.3) is 15.7 Å². The predicted octanol–water partition coefficient (Wildman–Crippen LogP) is 3.89. The van der Waals surface area contributed by atoms with Gasteiger partial charge in [-0.15, -0.1) is 0 Å². The van der Waals surface area contributed by atoms with E-state index in [1.54, 1.807) is 43.3 Å². The molecule has 0 amide bonds. The minimum atomic E-state index is -3.72. The SMILES string of the molecule is Cc1cc(Oc2cccc(NS(=O)(=O)c3ccccc3)c2)ncc1[N+](=O)[O-]. The number of rotatable bonds is 6. The number of nitrogens with one attached hydrogen (secondary N) is 1. The third-order valence-electron chi connectivity index (χ3n) is 3.62. The highest BCUT2D eigenvalue weighted by Gasteiger charge is 2.15. The summed E-state index contributed by atoms with van der Waals surface area (Å²) in [5, 5.41) is 10.8. The van der Waals surface area contributed by atoms with Gasteiger partial charge in [0.05, 0.1) is 15.5 Å². The van der Waals surface area contributed by atoms with Gasteiger partial charge >= 0.3 is 0 Å². The number of anilines is 1. The molecular weight excluding hydrogens is 370 g/mol. The zero-order valence-electron chi connectivity index (χ0n) is 14.2. The number of sulfonamides is 1. The molecule has 138 valence electrons. The topological polar surface area (TPSA) is 111 Å². The van der Waals surface area contributed by atoms with E-state index in [1.807, 2.05) is 0 Å². The summed E-state index contributed by atoms with van der Waals surface area (Å²) in [5.74, 6) is 0.505. The van der Waals surface area contributed by atoms with E-state index < -0.39 is 14.9 Å². The molecule has 27 heavy (non-hydrogen) atoms. The molecule has 0 atom stereocenters. The van der Waals surface area contributed by atoms with Crippen LogP contribution in [0.3, 0.4) is 0 Å². The largest absolute Gasteiger partial charge is 0.439 e. The Hall–Kier alpha value is -3.46. The van der Waals surface area contributed by atoms with Crippen molar-refractivity contribution < 1.29 is 18.1 Å². The van der Waals surface area contributed by atoms with Crippen LogP contribution in [0.1, 0.15) is 5.56 Å². The van der Waals surface area contributed by atoms with E-state index in [1.165, 1.54) is 24.3 Å². The molecule has 2 aromatic carbocycles. The van der Waals surface area contributed by atoms with Gasteiger partial charge in [-0.05, 0) is 31.2 Å². The zero-order chi connectivity index (χ0) is 19.4. The third kappa shape index (κ3) is 4.39. The van der Waals surface area contributed by atoms with Crippen LogP contribution in [0, 0.1) is 17.0 Å². The molecule has 0 bridgehead atoms. The molecule has 3 rings (SSSR count). The Labute approximate surface area is 155 Å². The first-order chi connectivity index (χ1) is 12.8. The molecule has 0 unspecified atom stereocenters. The molecule has 3 aromatic rings. The first-order valence-corrected chi connectivity index (χ1v) is 9.30. The average Bonchev–Trinajstić information content (AvgIpc) is 2.62. The minimum absolute atomic E-state index is 0.105. The van der Waals surface area contributed by atoms with E-state index in [2.05, 4.69) is 9.71 Å². The van der Waals surface area contributed by atoms with E-state index in [0.29, 0.717) is 17.0 Å². The van der Waals surface area contributed by atoms with Gasteiger partial charge in [-0.3, -0.25) is 14.8 Å². The second-order valence-electron chi connectivity index (χ2n) is 5.61. The predicted molar refractivity (Wildman–Crippen MR) is 99.4 cm³/mol. The van der Waals surface area contributed by atoms with Crippen molar-refractivity contribution in [1.29, 1.82) is 0 Å². The number of pyridine rings is 1. The van der Waals surface area contributed by atoms with Crippen LogP contribution in [0.4, 0.5) is 11.4 Å². The Kier molecular flexibility index (Phi) is 5.04. The number of nitrogens with zero attached hydrogens (tertiary/aromatic N) is 2. The maximum absolute atomic E-state index is 12.4. The van der Waals surface area contributed by atoms with Crippen LogP contribution < -0.4 is 9.46 Å². The maximum Gasteiger partial charge on any atom is 0.290 e. The molecule has 1 heterocycles. The summed E-state index contributed by atoms with van der Waals surface area (Å²) in [4.78, 5) is 14.4. The van der Waals surface area contributed by atoms with Crippen molar-refractivity contribution in [2.45, 2.75) is 11.8 Å². The molecule has 0 spiro atoms. The van der Waals surface area contributed by atoms with Crippen molar-refractivity contribution in [2.75, 3.05) is 4.72 Å². The molecular formula is C18H15N3O5S. The summed E-state index contributed by atoms with van der Waals surface area (Å²) in [5.41, 5.74) is 0.618. The lowest BCUT2D eigenvalue weighted by molar-refractivity contribution is -0.385. The number of aryl methyl sites for hydroxylation is 1. The molecule has 0 aliphatic rings. The van der Waals surface area contributed by atoms with Crippen LogP contribution in [0.5, 0.6) is 11.6 Å². The smallest absolute Gasteiger partial charge is 0.290 e. The van der Waals surface area contributed by atoms with E-state index in [-0.39, 0.29) is 16.5 Å². The minimum Gasteiger partial charge on any atom is -0.439 e. The van der Waals surface area contributed by atoms with Gasteiger partial charge in [-0.1, -0.05) is 24.3 Å². The van der Waals surface area contributed by atoms with Crippen LogP contribution in [-0.2, 0) is 10.0 Å². The van der Waals surface area contributed by atoms with Crippen LogP contribution in [0.2, 0.25) is 0 Å². The van der Waals surface area contributed by atoms with Crippen molar-refractivity contribution in [3.05, 3.63) is 82.5 Å². The Morgan fingerprint density at radius 3 is 2.48 bits per heavy atom. The summed E-state index contributed by atoms with van der Waals surface area (Å²) < 4.78 is 32.8. The summed E-state index contributed by atoms with van der Waals surface area (Å²) >= 11 is 0. The Bertz CT molecular complexity index is 1090. The van der Waals surface area contributed by atoms with Crippen LogP contribution in [-0.4, -0.2) is 18.3 Å². The third-order valence-corrected chi connectivity index (χ3v) is 5.01. The zero-order valence-corrected chi connectivity index (χ0v) is 15.0. The van der Waals surface area contributed by atoms with Gasteiger partial charge in [0.2, 0.25) is 5.88 Å². The first-order valence-electron chi connectivity index (χ1n) is 7.82. The number of aromatic nitrogens is 1. The van der Waals surface area contributed by atoms with Gasteiger partial charge < -0.3 is 4.74 Å². The molecule has 0 saturated carbocycles. The van der Waals surface area contributed by atoms with Crippen molar-refractivity contribution in [2.24, 2.45) is 0 Å². The summed E-state index contributed by atoms with van der Waals surface area (Å²) in [7, 11) is -3.72. The number of hydrogen-bond acceptors (Lipinski definition) is 6. The van der Waals surface area contributed by atoms with Crippen LogP contribution in [0.25, 0.3) is 0 Å². The molecule has 9 heteroatoms. The summed E-state index contributed by atoms with van der Waals surface area (Å²) in [6.45, 7) is 1.58. The fourth-order valence-electron chi connectivity index (χ4n) is 2.33. The fourth-order valence-corrected chi connectivity index (χ4v) is 3.40. The van der Waals surface area contributed by atoms with E-state index >= 15 is 0 Å². The maximum atomic E-state index is 12.4. The van der Waals surface area contributed by atoms with Gasteiger partial charge in [-0.2, -0.15) is 0 Å². The molecule has 8 nitrogen and oxygen atoms in total. The molecule has 1 N–H and O–H groups in total. The summed E-state index contributed by atoms with van der Waals surface area (Å²) in [6, 6.07) is 15.8. The lowest BCUT2D eigenvalue weighted by Gasteiger charge is -2.10. The number of hydrogen-bond donors (Lipinski definition) is 1. The van der Waals surface area contributed by atoms with Crippen LogP contribution in [0.15, 0.2) is 71.8 Å². The Morgan fingerprint density at radius 1 is 1.07 bits per heavy atom. The van der Waals surface area contributed by atoms with Crippen molar-refractivity contribution in [1.82, 2.24) is 4.98 Å². The molecule has 0 aliphatic heterocycles. The number of ether oxygens (including phenoxy) is 1. The van der Waals surface area contributed by atoms with Crippen molar-refractivity contribution in [3.8, 4) is 11.6 Å². The summed E-state index contributed by atoms with van der Waals surface area (Å²) in [6.07, 6.45) is 1.12. The normalized spacial score (nSPS) is 11.0. The molecule has 0 aliphatic carbocycles. The average molecular weight is 385 g/mol. The monoisotopic (exact) mass is 385 g/mol. The molecule has 0 saturated heterocycles. The van der Waals surface area contributed by atoms with Gasteiger partial charge in [0.15, 0.2) is 0 Å². The highest BCUT2D eigenvalue weighted by Crippen LogP contribution is 2.27. The molecule has 1 aromatic heterocycles. The van der Waals surface area contributed by atoms with Crippen molar-refractivity contribution in [3.63, 3.8) is 0 Å². The second kappa shape index (κ2) is 7.42. The van der Waals surface area contributed by atoms with Gasteiger partial charge in [-0.25, -0.2) is 13.4 Å². The van der Waals surface area contributed by atoms with Gasteiger partial charge in [0.1, 0.15) is 11.9 Å². The molecule has 0 radical (unpaired) electrons. The van der Waals surface area contributed by atoms with E-state index in [9.17, 15) is 18.5 Å². The standard InChI is InChI=1S/C18H15N3O5S/c1-13-10-18(19-12-17(13)21(22)23)26-15-7-5-6-14(11-15)20-27(24,25)16-8-3-2-4-9-16/h2-12,20H,1H3. The highest BCUT2D eigenvalue weighted by molar-refractivity contribution is 7.92. The number of benzene rings is 2. The van der Waals surface area contributed by atoms with Crippen molar-refractivity contribution >= 4 is 21.4 Å². The molecule has 0 fully saturated rings. The first kappa shape index (κ1) is 18.3. The Balaban J connectivity index is 1.80. The lowest BCUT2D eigenvalue weighted by Crippen LogP contribution is -2.12. The Morgan fingerprint density at radius 2 is 1.81 bits per heavy atom. The lowest BCUT2D eigenvalue weighted by atomic mass is 10.2.